The number of aromatic nitrogens is 23. The first-order valence-electron chi connectivity index (χ1n) is 46.8. The zero-order valence-electron chi connectivity index (χ0n) is 80.6. The summed E-state index contributed by atoms with van der Waals surface area (Å²) in [6, 6.07) is 58.0. The van der Waals surface area contributed by atoms with Crippen molar-refractivity contribution in [2.24, 2.45) is 0 Å². The molecule has 18 aromatic rings. The molecule has 6 aliphatic heterocycles. The van der Waals surface area contributed by atoms with Gasteiger partial charge in [0.2, 0.25) is 58.8 Å². The second-order valence-corrected chi connectivity index (χ2v) is 34.7. The molecule has 12 aromatic heterocycles. The lowest BCUT2D eigenvalue weighted by molar-refractivity contribution is -0.141. The van der Waals surface area contributed by atoms with Gasteiger partial charge in [0.25, 0.3) is 17.7 Å². The predicted molar refractivity (Wildman–Crippen MR) is 540 cm³/mol. The van der Waals surface area contributed by atoms with E-state index < -0.39 is 11.9 Å². The molecule has 0 fully saturated rings. The van der Waals surface area contributed by atoms with Crippen LogP contribution in [0.15, 0.2) is 233 Å². The number of nitrogen functional groups attached to an aromatic ring is 6. The average Bonchev–Trinajstić information content (AvgIpc) is 1.63. The van der Waals surface area contributed by atoms with Crippen molar-refractivity contribution in [3.63, 3.8) is 0 Å². The topological polar surface area (TPSA) is 621 Å². The number of methoxy groups -OCH3 is 1. The van der Waals surface area contributed by atoms with Gasteiger partial charge < -0.3 is 62.5 Å². The quantitative estimate of drug-likeness (QED) is 0.0312. The number of ether oxygens (including phenoxy) is 1. The minimum atomic E-state index is -4.57. The van der Waals surface area contributed by atoms with Gasteiger partial charge in [-0.15, -0.1) is 10.2 Å². The van der Waals surface area contributed by atoms with E-state index in [-0.39, 0.29) is 139 Å². The Morgan fingerprint density at radius 3 is 1.07 bits per heavy atom. The lowest BCUT2D eigenvalue weighted by Crippen LogP contribution is -2.26. The molecule has 14 N–H and O–H groups in total. The van der Waals surface area contributed by atoms with E-state index in [4.69, 9.17) is 52.5 Å². The fourth-order valence-electron chi connectivity index (χ4n) is 16.8. The number of amides is 6. The molecular weight excluding hydrogens is 1930 g/mol. The summed E-state index contributed by atoms with van der Waals surface area (Å²) in [5, 5.41) is 15.9. The third kappa shape index (κ3) is 21.9. The van der Waals surface area contributed by atoms with Crippen molar-refractivity contribution in [2.75, 3.05) is 77.5 Å². The van der Waals surface area contributed by atoms with E-state index in [1.165, 1.54) is 17.5 Å². The molecule has 45 nitrogen and oxygen atoms in total. The first kappa shape index (κ1) is 99.0. The van der Waals surface area contributed by atoms with E-state index >= 15 is 0 Å². The molecule has 0 saturated heterocycles. The minimum Gasteiger partial charge on any atom is -0.440 e. The number of carbonyl (C=O) groups excluding carboxylic acids is 6. The molecule has 150 heavy (non-hydrogen) atoms. The summed E-state index contributed by atoms with van der Waals surface area (Å²) in [5.74, 6) is 7.51. The summed E-state index contributed by atoms with van der Waals surface area (Å²) < 4.78 is 60.8. The molecule has 6 aliphatic rings. The van der Waals surface area contributed by atoms with Crippen molar-refractivity contribution >= 4 is 105 Å². The van der Waals surface area contributed by atoms with Gasteiger partial charge in [-0.25, -0.2) is 69.5 Å². The van der Waals surface area contributed by atoms with Crippen LogP contribution in [0.1, 0.15) is 102 Å². The number of alkyl halides is 3. The summed E-state index contributed by atoms with van der Waals surface area (Å²) in [5.41, 5.74) is 46.9. The normalized spacial score (nSPS) is 13.4. The number of rotatable bonds is 22. The van der Waals surface area contributed by atoms with E-state index in [2.05, 4.69) is 110 Å². The first-order valence-corrected chi connectivity index (χ1v) is 46.8. The number of aryl methyl sites for hydroxylation is 3. The van der Waals surface area contributed by atoms with E-state index in [9.17, 15) is 41.9 Å². The molecule has 24 rings (SSSR count). The van der Waals surface area contributed by atoms with Crippen LogP contribution in [0, 0.1) is 13.8 Å². The van der Waals surface area contributed by atoms with E-state index in [0.29, 0.717) is 173 Å². The summed E-state index contributed by atoms with van der Waals surface area (Å²) in [6.07, 6.45) is 6.62. The van der Waals surface area contributed by atoms with Crippen LogP contribution >= 0.6 is 0 Å². The molecule has 0 unspecified atom stereocenters. The Morgan fingerprint density at radius 1 is 0.393 bits per heavy atom. The average molecular weight is 2030 g/mol. The standard InChI is InChI=1S/C18H18N6O3.C18H18N6O.C17H13F3N6O.C17H16N6O.C16H14N6O2.C16H13N5O2/c1-26-8-7-13-22-23-18(27-13)16-20-15(19)12-9-14(25)24(17(12)21-16)10-11-5-3-2-4-6-11;1-2-12-9-20-16(21-12)17-22-15(19)13-8-14(25)24(18(13)23-17)10-11-6-4-3-5-7-11;18-17(19,20)11-7-22-14(23-11)15-24-13(21)10-6-12(27)26(16(10)25-15)8-9-4-2-1-3-5-9;1-11-8-19-23(9-11)17-20-15(18)13-7-14(24)22(16(13)21-17)10-12-5-3-2-4-6-12;1-9-18-16(24-21-9)14-19-13(17)11-7-12(23)22(15(11)20-14)8-10-5-3-2-4-6-10;17-14-11-6-13(22)21(8-10-4-2-1-3-5-10)16(11)20-15(19-14)12-7-18-9-23-12/h2-6H,7-10H2,1H3,(H2,19,20,21);3-7,9H,2,8,10H2,1H3,(H,20,21)(H2,19,22,23);1-5,7H,6,8H2,(H,22,23)(H2,21,24,25);2-6,8-9H,7,10H2,1H3,(H2,18,20,21);2-6H,7-8H2,1H3,(H2,17,19,20);1-5,7,9H,6,8H2,(H2,17,19,20). The number of benzene rings is 6. The second kappa shape index (κ2) is 43.1. The third-order valence-electron chi connectivity index (χ3n) is 24.3. The van der Waals surface area contributed by atoms with Gasteiger partial charge in [0.15, 0.2) is 41.3 Å². The molecule has 0 bridgehead atoms. The maximum atomic E-state index is 12.8. The van der Waals surface area contributed by atoms with Gasteiger partial charge in [0.1, 0.15) is 75.5 Å². The number of imidazole rings is 2. The number of nitrogens with zero attached hydrogens (tertiary/aromatic N) is 27. The van der Waals surface area contributed by atoms with Gasteiger partial charge >= 0.3 is 6.18 Å². The van der Waals surface area contributed by atoms with Crippen molar-refractivity contribution in [1.82, 2.24) is 115 Å². The van der Waals surface area contributed by atoms with Gasteiger partial charge in [-0.3, -0.25) is 58.2 Å². The molecule has 6 aromatic carbocycles. The van der Waals surface area contributed by atoms with Crippen LogP contribution in [0.2, 0.25) is 0 Å². The zero-order valence-corrected chi connectivity index (χ0v) is 80.6. The predicted octanol–water partition coefficient (Wildman–Crippen LogP) is 11.0. The number of oxazole rings is 1. The number of hydrogen-bond donors (Lipinski definition) is 8. The van der Waals surface area contributed by atoms with Gasteiger partial charge in [-0.05, 0) is 59.2 Å². The SMILES string of the molecule is CCc1cnc(-c2nc(N)c3c(n2)N(Cc2ccccc2)C(=O)C3)[nH]1.COCCc1nnc(-c2nc(N)c3c(n2)N(Cc2ccccc2)C(=O)C3)o1.Cc1cnn(-c2nc(N)c3c(n2)N(Cc2ccccc2)C(=O)C3)c1.Cc1noc(-c2nc(N)c3c(n2)N(Cc2ccccc2)C(=O)C3)n1.Nc1nc(-c2cnco2)nc2c1CC(=O)N2Cc1ccccc1.Nc1nc(-c2ncc(C(F)(F)F)[nH]2)nc2c1CC(=O)N2Cc1ccccc1. The fourth-order valence-corrected chi connectivity index (χ4v) is 16.8. The number of carbonyl (C=O) groups is 6. The number of fused-ring (bicyclic) bond motifs is 6. The molecule has 6 amide bonds. The highest BCUT2D eigenvalue weighted by Gasteiger charge is 2.41. The van der Waals surface area contributed by atoms with Crippen LogP contribution in [-0.2, 0) is 130 Å². The Hall–Kier alpha value is -19.7. The van der Waals surface area contributed by atoms with Crippen molar-refractivity contribution in [3.05, 3.63) is 315 Å². The Bertz CT molecular complexity index is 7890. The molecule has 0 spiro atoms. The van der Waals surface area contributed by atoms with Crippen LogP contribution in [0.25, 0.3) is 64.3 Å². The summed E-state index contributed by atoms with van der Waals surface area (Å²) in [6.45, 7) is 8.61. The van der Waals surface area contributed by atoms with Gasteiger partial charge in [-0.2, -0.15) is 33.2 Å². The van der Waals surface area contributed by atoms with Gasteiger partial charge in [0.05, 0.1) is 103 Å². The Balaban J connectivity index is 0.000000113. The Labute approximate surface area is 850 Å². The van der Waals surface area contributed by atoms with Crippen LogP contribution in [0.3, 0.4) is 0 Å². The monoisotopic (exact) mass is 2020 g/mol. The highest BCUT2D eigenvalue weighted by molar-refractivity contribution is 6.06. The number of hydrogen-bond acceptors (Lipinski definition) is 36. The first-order chi connectivity index (χ1) is 72.6. The van der Waals surface area contributed by atoms with Gasteiger partial charge in [0, 0.05) is 65.0 Å². The molecule has 0 radical (unpaired) electrons. The van der Waals surface area contributed by atoms with Crippen LogP contribution in [-0.4, -0.2) is 164 Å². The number of H-pyrrole nitrogens is 2. The second-order valence-electron chi connectivity index (χ2n) is 34.7. The van der Waals surface area contributed by atoms with Crippen molar-refractivity contribution < 1.29 is 60.0 Å². The van der Waals surface area contributed by atoms with Crippen LogP contribution in [0.4, 0.5) is 83.0 Å². The molecule has 0 atom stereocenters. The maximum Gasteiger partial charge on any atom is 0.432 e. The van der Waals surface area contributed by atoms with Crippen molar-refractivity contribution in [2.45, 2.75) is 118 Å². The highest BCUT2D eigenvalue weighted by Crippen LogP contribution is 2.42. The lowest BCUT2D eigenvalue weighted by atomic mass is 10.2. The molecule has 0 aliphatic carbocycles. The van der Waals surface area contributed by atoms with E-state index in [1.54, 1.807) is 55.6 Å². The molecule has 0 saturated carbocycles. The van der Waals surface area contributed by atoms with Crippen LogP contribution in [0.5, 0.6) is 0 Å². The highest BCUT2D eigenvalue weighted by atomic mass is 19.4. The number of aromatic amines is 2. The lowest BCUT2D eigenvalue weighted by Gasteiger charge is -2.17. The molecule has 48 heteroatoms. The van der Waals surface area contributed by atoms with E-state index in [0.717, 1.165) is 51.1 Å². The van der Waals surface area contributed by atoms with Gasteiger partial charge in [-0.1, -0.05) is 194 Å². The van der Waals surface area contributed by atoms with Crippen molar-refractivity contribution in [3.8, 4) is 64.3 Å². The molecule has 18 heterocycles. The number of nitrogens with one attached hydrogen (secondary N) is 2. The molecular formula is C102H92F3N35O10. The number of nitrogens with two attached hydrogens (primary N) is 6. The number of halogens is 3. The summed E-state index contributed by atoms with van der Waals surface area (Å²) in [4.78, 5) is 157. The van der Waals surface area contributed by atoms with E-state index in [1.807, 2.05) is 202 Å². The summed E-state index contributed by atoms with van der Waals surface area (Å²) >= 11 is 0. The Kier molecular flexibility index (Phi) is 28.4. The zero-order chi connectivity index (χ0) is 105. The van der Waals surface area contributed by atoms with Crippen LogP contribution < -0.4 is 63.8 Å². The number of anilines is 12. The summed E-state index contributed by atoms with van der Waals surface area (Å²) in [7, 11) is 1.60. The minimum absolute atomic E-state index is 0.0225. The third-order valence-corrected chi connectivity index (χ3v) is 24.3. The van der Waals surface area contributed by atoms with Crippen molar-refractivity contribution in [1.29, 1.82) is 0 Å². The molecule has 756 valence electrons. The smallest absolute Gasteiger partial charge is 0.432 e. The largest absolute Gasteiger partial charge is 0.440 e. The fraction of sp³-hybridized carbons (Fsp3) is 0.196. The Morgan fingerprint density at radius 2 is 0.740 bits per heavy atom. The maximum absolute atomic E-state index is 12.8.